The Balaban J connectivity index is 2.35. The fourth-order valence-corrected chi connectivity index (χ4v) is 1.90. The van der Waals surface area contributed by atoms with E-state index in [1.54, 1.807) is 48.5 Å². The lowest BCUT2D eigenvalue weighted by molar-refractivity contribution is 0.216. The Bertz CT molecular complexity index is 475. The summed E-state index contributed by atoms with van der Waals surface area (Å²) in [5.74, 6) is 0. The molecule has 4 heteroatoms. The molecule has 2 aromatic rings. The van der Waals surface area contributed by atoms with Gasteiger partial charge < -0.3 is 4.74 Å². The van der Waals surface area contributed by atoms with Crippen LogP contribution in [-0.2, 0) is 9.53 Å². The summed E-state index contributed by atoms with van der Waals surface area (Å²) in [6.07, 6.45) is -0.503. The lowest BCUT2D eigenvalue weighted by atomic mass is 10.0. The van der Waals surface area contributed by atoms with E-state index in [0.29, 0.717) is 10.0 Å². The van der Waals surface area contributed by atoms with Crippen LogP contribution in [0.25, 0.3) is 0 Å². The molecular weight excluding hydrogens is 271 g/mol. The molecule has 0 bridgehead atoms. The quantitative estimate of drug-likeness (QED) is 0.840. The first-order valence-electron chi connectivity index (χ1n) is 5.24. The second-order valence-electron chi connectivity index (χ2n) is 3.68. The highest BCUT2D eigenvalue weighted by Gasteiger charge is 2.15. The summed E-state index contributed by atoms with van der Waals surface area (Å²) < 4.78 is 5.00. The third-order valence-corrected chi connectivity index (χ3v) is 3.02. The minimum atomic E-state index is -0.503. The Morgan fingerprint density at radius 2 is 1.22 bits per heavy atom. The van der Waals surface area contributed by atoms with Crippen molar-refractivity contribution in [3.63, 3.8) is 0 Å². The fourth-order valence-electron chi connectivity index (χ4n) is 1.65. The molecule has 0 unspecified atom stereocenters. The van der Waals surface area contributed by atoms with E-state index in [0.717, 1.165) is 11.1 Å². The van der Waals surface area contributed by atoms with Gasteiger partial charge in [0.15, 0.2) is 6.10 Å². The molecule has 0 saturated heterocycles. The standard InChI is InChI=1S/C14H9Cl2O2/c15-12-5-1-10(2-6-12)14(18-9-17)11-3-7-13(16)8-4-11/h1-8,14H. The maximum absolute atomic E-state index is 10.5. The van der Waals surface area contributed by atoms with Gasteiger partial charge in [0.05, 0.1) is 0 Å². The number of hydrogen-bond donors (Lipinski definition) is 0. The predicted molar refractivity (Wildman–Crippen MR) is 71.5 cm³/mol. The van der Waals surface area contributed by atoms with Crippen LogP contribution in [0.2, 0.25) is 10.0 Å². The van der Waals surface area contributed by atoms with Crippen molar-refractivity contribution in [3.8, 4) is 0 Å². The third kappa shape index (κ3) is 3.03. The van der Waals surface area contributed by atoms with Gasteiger partial charge >= 0.3 is 6.47 Å². The Labute approximate surface area is 115 Å². The summed E-state index contributed by atoms with van der Waals surface area (Å²) in [5, 5.41) is 1.26. The molecule has 2 rings (SSSR count). The van der Waals surface area contributed by atoms with Gasteiger partial charge in [-0.2, -0.15) is 0 Å². The van der Waals surface area contributed by atoms with Crippen LogP contribution >= 0.6 is 23.2 Å². The lowest BCUT2D eigenvalue weighted by Gasteiger charge is -2.15. The van der Waals surface area contributed by atoms with Crippen molar-refractivity contribution in [2.45, 2.75) is 6.10 Å². The Morgan fingerprint density at radius 3 is 1.56 bits per heavy atom. The Hall–Kier alpha value is -1.51. The Morgan fingerprint density at radius 1 is 0.833 bits per heavy atom. The van der Waals surface area contributed by atoms with Crippen LogP contribution in [0.5, 0.6) is 0 Å². The van der Waals surface area contributed by atoms with E-state index in [-0.39, 0.29) is 0 Å². The lowest BCUT2D eigenvalue weighted by Crippen LogP contribution is -2.04. The largest absolute Gasteiger partial charge is 0.444 e. The predicted octanol–water partition coefficient (Wildman–Crippen LogP) is 4.17. The average molecular weight is 280 g/mol. The van der Waals surface area contributed by atoms with E-state index >= 15 is 0 Å². The molecule has 0 N–H and O–H groups in total. The smallest absolute Gasteiger partial charge is 0.418 e. The molecule has 2 nitrogen and oxygen atoms in total. The van der Waals surface area contributed by atoms with E-state index in [1.165, 1.54) is 6.47 Å². The third-order valence-electron chi connectivity index (χ3n) is 2.51. The van der Waals surface area contributed by atoms with Crippen LogP contribution in [0.15, 0.2) is 48.5 Å². The molecule has 0 aromatic heterocycles. The monoisotopic (exact) mass is 279 g/mol. The zero-order valence-electron chi connectivity index (χ0n) is 9.27. The molecule has 91 valence electrons. The van der Waals surface area contributed by atoms with Crippen LogP contribution in [0.4, 0.5) is 0 Å². The first-order chi connectivity index (χ1) is 8.70. The maximum Gasteiger partial charge on any atom is 0.418 e. The van der Waals surface area contributed by atoms with Gasteiger partial charge in [-0.05, 0) is 35.4 Å². The molecule has 18 heavy (non-hydrogen) atoms. The van der Waals surface area contributed by atoms with E-state index < -0.39 is 6.10 Å². The van der Waals surface area contributed by atoms with Crippen molar-refractivity contribution in [2.24, 2.45) is 0 Å². The van der Waals surface area contributed by atoms with E-state index in [1.807, 2.05) is 0 Å². The zero-order chi connectivity index (χ0) is 13.0. The molecule has 2 aromatic carbocycles. The second kappa shape index (κ2) is 5.89. The van der Waals surface area contributed by atoms with Crippen LogP contribution in [0.3, 0.4) is 0 Å². The molecule has 0 atom stereocenters. The summed E-state index contributed by atoms with van der Waals surface area (Å²) in [5.41, 5.74) is 1.65. The molecule has 0 amide bonds. The summed E-state index contributed by atoms with van der Waals surface area (Å²) in [7, 11) is 0. The number of hydrogen-bond acceptors (Lipinski definition) is 2. The zero-order valence-corrected chi connectivity index (χ0v) is 10.8. The van der Waals surface area contributed by atoms with Crippen molar-refractivity contribution in [1.82, 2.24) is 0 Å². The maximum atomic E-state index is 10.5. The van der Waals surface area contributed by atoms with Gasteiger partial charge in [-0.3, -0.25) is 0 Å². The van der Waals surface area contributed by atoms with Gasteiger partial charge in [-0.25, -0.2) is 4.79 Å². The van der Waals surface area contributed by atoms with Gasteiger partial charge in [-0.15, -0.1) is 0 Å². The van der Waals surface area contributed by atoms with Crippen molar-refractivity contribution >= 4 is 29.7 Å². The summed E-state index contributed by atoms with van der Waals surface area (Å²) >= 11 is 11.6. The van der Waals surface area contributed by atoms with Crippen molar-refractivity contribution in [3.05, 3.63) is 69.7 Å². The van der Waals surface area contributed by atoms with E-state index in [9.17, 15) is 4.79 Å². The molecule has 0 heterocycles. The summed E-state index contributed by atoms with van der Waals surface area (Å²) in [6.45, 7) is 1.48. The molecule has 0 fully saturated rings. The van der Waals surface area contributed by atoms with Crippen molar-refractivity contribution in [1.29, 1.82) is 0 Å². The highest BCUT2D eigenvalue weighted by atomic mass is 35.5. The normalized spacial score (nSPS) is 10.4. The highest BCUT2D eigenvalue weighted by molar-refractivity contribution is 6.30. The topological polar surface area (TPSA) is 26.3 Å². The van der Waals surface area contributed by atoms with Gasteiger partial charge in [0.25, 0.3) is 0 Å². The van der Waals surface area contributed by atoms with Crippen LogP contribution in [-0.4, -0.2) is 6.47 Å². The summed E-state index contributed by atoms with van der Waals surface area (Å²) in [6, 6.07) is 14.2. The number of halogens is 2. The number of rotatable bonds is 4. The van der Waals surface area contributed by atoms with Crippen LogP contribution < -0.4 is 0 Å². The Kier molecular flexibility index (Phi) is 4.24. The number of ether oxygens (including phenoxy) is 1. The van der Waals surface area contributed by atoms with Crippen LogP contribution in [0.1, 0.15) is 17.2 Å². The fraction of sp³-hybridized carbons (Fsp3) is 0.0714. The highest BCUT2D eigenvalue weighted by Crippen LogP contribution is 2.27. The van der Waals surface area contributed by atoms with Crippen LogP contribution in [0, 0.1) is 0 Å². The minimum Gasteiger partial charge on any atom is -0.444 e. The molecule has 0 aliphatic carbocycles. The van der Waals surface area contributed by atoms with Crippen molar-refractivity contribution < 1.29 is 9.53 Å². The SMILES string of the molecule is O=[C]OC(c1ccc(Cl)cc1)c1ccc(Cl)cc1. The van der Waals surface area contributed by atoms with Gasteiger partial charge in [0, 0.05) is 10.0 Å². The molecule has 1 radical (unpaired) electrons. The first kappa shape index (κ1) is 12.9. The molecule has 0 spiro atoms. The summed E-state index contributed by atoms with van der Waals surface area (Å²) in [4.78, 5) is 10.5. The molecule has 0 saturated carbocycles. The number of carbonyl (C=O) groups excluding carboxylic acids is 1. The first-order valence-corrected chi connectivity index (χ1v) is 6.00. The average Bonchev–Trinajstić information content (AvgIpc) is 2.39. The van der Waals surface area contributed by atoms with Crippen molar-refractivity contribution in [2.75, 3.05) is 0 Å². The van der Waals surface area contributed by atoms with E-state index in [2.05, 4.69) is 0 Å². The van der Waals surface area contributed by atoms with Gasteiger partial charge in [-0.1, -0.05) is 47.5 Å². The van der Waals surface area contributed by atoms with E-state index in [4.69, 9.17) is 27.9 Å². The minimum absolute atomic E-state index is 0.503. The number of benzene rings is 2. The second-order valence-corrected chi connectivity index (χ2v) is 4.56. The van der Waals surface area contributed by atoms with Gasteiger partial charge in [0.2, 0.25) is 0 Å². The van der Waals surface area contributed by atoms with Gasteiger partial charge in [0.1, 0.15) is 0 Å². The molecule has 0 aliphatic rings. The molecular formula is C14H9Cl2O2. The molecule has 0 aliphatic heterocycles.